The fraction of sp³-hybridized carbons (Fsp3) is 0.444. The summed E-state index contributed by atoms with van der Waals surface area (Å²) in [6.07, 6.45) is 0. The summed E-state index contributed by atoms with van der Waals surface area (Å²) in [6.45, 7) is 12.7. The van der Waals surface area contributed by atoms with Gasteiger partial charge in [0.2, 0.25) is 0 Å². The zero-order chi connectivity index (χ0) is 16.8. The normalized spacial score (nSPS) is 11.1. The van der Waals surface area contributed by atoms with Crippen LogP contribution >= 0.6 is 35.3 Å². The van der Waals surface area contributed by atoms with Gasteiger partial charge in [-0.3, -0.25) is 0 Å². The Morgan fingerprint density at radius 1 is 1.17 bits per heavy atom. The van der Waals surface area contributed by atoms with Crippen molar-refractivity contribution in [2.24, 2.45) is 4.99 Å². The number of aryl methyl sites for hydroxylation is 4. The molecule has 0 saturated heterocycles. The Morgan fingerprint density at radius 2 is 1.92 bits per heavy atom. The third-order valence-electron chi connectivity index (χ3n) is 3.67. The Morgan fingerprint density at radius 3 is 2.50 bits per heavy atom. The van der Waals surface area contributed by atoms with Crippen LogP contribution in [-0.4, -0.2) is 17.5 Å². The molecule has 0 aliphatic rings. The number of aromatic nitrogens is 1. The lowest BCUT2D eigenvalue weighted by molar-refractivity contribution is 0.818. The van der Waals surface area contributed by atoms with Gasteiger partial charge in [-0.1, -0.05) is 23.8 Å². The summed E-state index contributed by atoms with van der Waals surface area (Å²) in [7, 11) is 0. The largest absolute Gasteiger partial charge is 0.357 e. The average molecular weight is 458 g/mol. The molecule has 0 aliphatic carbocycles. The zero-order valence-electron chi connectivity index (χ0n) is 15.1. The van der Waals surface area contributed by atoms with Crippen LogP contribution in [0.3, 0.4) is 0 Å². The Balaban J connectivity index is 0.00000288. The topological polar surface area (TPSA) is 49.3 Å². The molecular weight excluding hydrogens is 431 g/mol. The van der Waals surface area contributed by atoms with Gasteiger partial charge in [0.25, 0.3) is 0 Å². The van der Waals surface area contributed by atoms with Crippen LogP contribution in [0.2, 0.25) is 0 Å². The first-order valence-corrected chi connectivity index (χ1v) is 8.82. The van der Waals surface area contributed by atoms with E-state index in [2.05, 4.69) is 61.5 Å². The highest BCUT2D eigenvalue weighted by atomic mass is 127. The minimum absolute atomic E-state index is 0. The molecule has 0 amide bonds. The second kappa shape index (κ2) is 9.98. The first-order valence-electron chi connectivity index (χ1n) is 8.00. The molecule has 2 rings (SSSR count). The van der Waals surface area contributed by atoms with Crippen molar-refractivity contribution in [1.29, 1.82) is 0 Å². The van der Waals surface area contributed by atoms with Gasteiger partial charge in [-0.2, -0.15) is 0 Å². The quantitative estimate of drug-likeness (QED) is 0.400. The lowest BCUT2D eigenvalue weighted by Crippen LogP contribution is -2.36. The van der Waals surface area contributed by atoms with Gasteiger partial charge in [0.05, 0.1) is 23.8 Å². The standard InChI is InChI=1S/C18H26N4S.HI/c1-6-19-18(21-11-17-14(4)22-15(5)23-17)20-10-16-8-7-12(2)9-13(16)3;/h7-9H,6,10-11H2,1-5H3,(H2,19,20,21);1H. The van der Waals surface area contributed by atoms with Gasteiger partial charge in [-0.25, -0.2) is 9.98 Å². The van der Waals surface area contributed by atoms with Gasteiger partial charge in [0.15, 0.2) is 5.96 Å². The summed E-state index contributed by atoms with van der Waals surface area (Å²) in [6, 6.07) is 6.50. The van der Waals surface area contributed by atoms with E-state index in [0.29, 0.717) is 6.54 Å². The summed E-state index contributed by atoms with van der Waals surface area (Å²) < 4.78 is 0. The van der Waals surface area contributed by atoms with Gasteiger partial charge in [0.1, 0.15) is 0 Å². The van der Waals surface area contributed by atoms with Crippen molar-refractivity contribution in [3.63, 3.8) is 0 Å². The molecule has 0 spiro atoms. The zero-order valence-corrected chi connectivity index (χ0v) is 18.2. The Hall–Kier alpha value is -1.15. The number of aliphatic imine (C=N–C) groups is 1. The fourth-order valence-electron chi connectivity index (χ4n) is 2.43. The molecule has 6 heteroatoms. The number of benzene rings is 1. The molecule has 1 aromatic carbocycles. The van der Waals surface area contributed by atoms with Gasteiger partial charge < -0.3 is 10.6 Å². The summed E-state index contributed by atoms with van der Waals surface area (Å²) in [4.78, 5) is 10.4. The van der Waals surface area contributed by atoms with Crippen molar-refractivity contribution >= 4 is 41.3 Å². The van der Waals surface area contributed by atoms with E-state index in [1.807, 2.05) is 6.92 Å². The highest BCUT2D eigenvalue weighted by Gasteiger charge is 2.06. The van der Waals surface area contributed by atoms with Crippen molar-refractivity contribution in [3.8, 4) is 0 Å². The van der Waals surface area contributed by atoms with Gasteiger partial charge in [-0.15, -0.1) is 35.3 Å². The smallest absolute Gasteiger partial charge is 0.191 e. The second-order valence-corrected chi connectivity index (χ2v) is 7.01. The molecule has 24 heavy (non-hydrogen) atoms. The predicted octanol–water partition coefficient (Wildman–Crippen LogP) is 4.25. The molecule has 1 aromatic heterocycles. The van der Waals surface area contributed by atoms with Crippen molar-refractivity contribution in [2.45, 2.75) is 47.7 Å². The Labute approximate surface area is 166 Å². The minimum atomic E-state index is 0. The fourth-order valence-corrected chi connectivity index (χ4v) is 3.31. The predicted molar refractivity (Wildman–Crippen MR) is 115 cm³/mol. The molecule has 0 fully saturated rings. The van der Waals surface area contributed by atoms with Crippen LogP contribution in [0.25, 0.3) is 0 Å². The van der Waals surface area contributed by atoms with Crippen LogP contribution in [0.1, 0.15) is 39.2 Å². The van der Waals surface area contributed by atoms with Crippen molar-refractivity contribution in [2.75, 3.05) is 6.54 Å². The average Bonchev–Trinajstić information content (AvgIpc) is 2.81. The summed E-state index contributed by atoms with van der Waals surface area (Å²) >= 11 is 1.74. The number of thiazole rings is 1. The Bertz CT molecular complexity index is 694. The maximum atomic E-state index is 4.70. The van der Waals surface area contributed by atoms with Gasteiger partial charge >= 0.3 is 0 Å². The van der Waals surface area contributed by atoms with E-state index in [1.54, 1.807) is 11.3 Å². The summed E-state index contributed by atoms with van der Waals surface area (Å²) in [5.74, 6) is 0.845. The van der Waals surface area contributed by atoms with Crippen LogP contribution in [0.15, 0.2) is 23.2 Å². The van der Waals surface area contributed by atoms with Crippen molar-refractivity contribution < 1.29 is 0 Å². The maximum absolute atomic E-state index is 4.70. The maximum Gasteiger partial charge on any atom is 0.191 e. The van der Waals surface area contributed by atoms with E-state index in [1.165, 1.54) is 21.6 Å². The van der Waals surface area contributed by atoms with Gasteiger partial charge in [-0.05, 0) is 45.7 Å². The van der Waals surface area contributed by atoms with E-state index in [9.17, 15) is 0 Å². The minimum Gasteiger partial charge on any atom is -0.357 e. The van der Waals surface area contributed by atoms with E-state index < -0.39 is 0 Å². The lowest BCUT2D eigenvalue weighted by atomic mass is 10.1. The highest BCUT2D eigenvalue weighted by Crippen LogP contribution is 2.16. The van der Waals surface area contributed by atoms with Crippen LogP contribution in [0.4, 0.5) is 0 Å². The van der Waals surface area contributed by atoms with E-state index in [0.717, 1.165) is 29.8 Å². The van der Waals surface area contributed by atoms with Crippen LogP contribution in [-0.2, 0) is 13.1 Å². The summed E-state index contributed by atoms with van der Waals surface area (Å²) in [5.41, 5.74) is 4.94. The molecule has 132 valence electrons. The number of hydrogen-bond donors (Lipinski definition) is 2. The number of guanidine groups is 1. The molecule has 0 saturated carbocycles. The lowest BCUT2D eigenvalue weighted by Gasteiger charge is -2.11. The van der Waals surface area contributed by atoms with E-state index in [-0.39, 0.29) is 24.0 Å². The number of hydrogen-bond acceptors (Lipinski definition) is 3. The van der Waals surface area contributed by atoms with Crippen LogP contribution in [0.5, 0.6) is 0 Å². The van der Waals surface area contributed by atoms with Crippen LogP contribution < -0.4 is 10.6 Å². The Kier molecular flexibility index (Phi) is 8.69. The number of nitrogens with one attached hydrogen (secondary N) is 2. The molecule has 0 radical (unpaired) electrons. The summed E-state index contributed by atoms with van der Waals surface area (Å²) in [5, 5.41) is 7.81. The van der Waals surface area contributed by atoms with E-state index >= 15 is 0 Å². The second-order valence-electron chi connectivity index (χ2n) is 5.72. The molecule has 0 atom stereocenters. The van der Waals surface area contributed by atoms with Crippen molar-refractivity contribution in [1.82, 2.24) is 15.6 Å². The highest BCUT2D eigenvalue weighted by molar-refractivity contribution is 14.0. The molecule has 2 N–H and O–H groups in total. The van der Waals surface area contributed by atoms with Crippen LogP contribution in [0, 0.1) is 27.7 Å². The monoisotopic (exact) mass is 458 g/mol. The molecule has 4 nitrogen and oxygen atoms in total. The molecule has 2 aromatic rings. The number of rotatable bonds is 5. The molecule has 1 heterocycles. The molecule has 0 bridgehead atoms. The number of halogens is 1. The molecular formula is C18H27IN4S. The first-order chi connectivity index (χ1) is 11.0. The third kappa shape index (κ3) is 6.05. The number of nitrogens with zero attached hydrogens (tertiary/aromatic N) is 2. The molecule has 0 aliphatic heterocycles. The first kappa shape index (κ1) is 20.9. The SMILES string of the molecule is CCNC(=NCc1ccc(C)cc1C)NCc1sc(C)nc1C.I. The van der Waals surface area contributed by atoms with Gasteiger partial charge in [0, 0.05) is 11.4 Å². The van der Waals surface area contributed by atoms with Crippen molar-refractivity contribution in [3.05, 3.63) is 50.5 Å². The third-order valence-corrected chi connectivity index (χ3v) is 4.74. The van der Waals surface area contributed by atoms with E-state index in [4.69, 9.17) is 4.99 Å². The molecule has 0 unspecified atom stereocenters.